The molecule has 1 aromatic heterocycles. The number of benzene rings is 3. The highest BCUT2D eigenvalue weighted by molar-refractivity contribution is 7.86. The highest BCUT2D eigenvalue weighted by Gasteiger charge is 2.17. The lowest BCUT2D eigenvalue weighted by Gasteiger charge is -2.14. The average Bonchev–Trinajstić information content (AvgIpc) is 3.38. The number of methoxy groups -OCH3 is 1. The van der Waals surface area contributed by atoms with E-state index in [1.807, 2.05) is 62.4 Å². The Balaban J connectivity index is 1.60. The molecule has 0 unspecified atom stereocenters. The number of aryl methyl sites for hydroxylation is 1. The number of nitrogens with zero attached hydrogens (tertiary/aromatic N) is 2. The Morgan fingerprint density at radius 1 is 0.923 bits per heavy atom. The van der Waals surface area contributed by atoms with E-state index in [0.29, 0.717) is 29.5 Å². The van der Waals surface area contributed by atoms with Gasteiger partial charge >= 0.3 is 10.1 Å². The molecule has 206 valence electrons. The largest absolute Gasteiger partial charge is 0.496 e. The van der Waals surface area contributed by atoms with E-state index in [1.54, 1.807) is 23.9 Å². The Hall–Kier alpha value is -3.74. The maximum atomic E-state index is 11.9. The van der Waals surface area contributed by atoms with Gasteiger partial charge in [-0.1, -0.05) is 35.9 Å². The summed E-state index contributed by atoms with van der Waals surface area (Å²) < 4.78 is 52.4. The van der Waals surface area contributed by atoms with Gasteiger partial charge in [-0.15, -0.1) is 0 Å². The van der Waals surface area contributed by atoms with Gasteiger partial charge in [-0.05, 0) is 56.3 Å². The SMILES string of the molecule is CCOCOc1cccc(OC)c1COCc1cc(-c2ccc(C)cc2)n(-c2ccc(S(=O)(=O)ON)cc2)n1. The van der Waals surface area contributed by atoms with E-state index in [0.717, 1.165) is 22.4 Å². The summed E-state index contributed by atoms with van der Waals surface area (Å²) >= 11 is 0. The number of ether oxygens (including phenoxy) is 4. The van der Waals surface area contributed by atoms with Gasteiger partial charge in [0.2, 0.25) is 0 Å². The maximum absolute atomic E-state index is 11.9. The summed E-state index contributed by atoms with van der Waals surface area (Å²) in [4.78, 5) is -0.0551. The second-order valence-electron chi connectivity index (χ2n) is 8.53. The summed E-state index contributed by atoms with van der Waals surface area (Å²) in [7, 11) is -2.42. The van der Waals surface area contributed by atoms with Crippen LogP contribution in [0.2, 0.25) is 0 Å². The zero-order valence-electron chi connectivity index (χ0n) is 22.0. The smallest absolute Gasteiger partial charge is 0.312 e. The van der Waals surface area contributed by atoms with E-state index in [2.05, 4.69) is 4.28 Å². The van der Waals surface area contributed by atoms with Crippen LogP contribution >= 0.6 is 0 Å². The van der Waals surface area contributed by atoms with Crippen LogP contribution < -0.4 is 15.4 Å². The molecular formula is C28H31N3O7S. The minimum Gasteiger partial charge on any atom is -0.496 e. The van der Waals surface area contributed by atoms with Crippen LogP contribution in [-0.2, 0) is 37.1 Å². The van der Waals surface area contributed by atoms with Gasteiger partial charge in [0.15, 0.2) is 6.79 Å². The summed E-state index contributed by atoms with van der Waals surface area (Å²) in [6.07, 6.45) is 0. The molecule has 10 nitrogen and oxygen atoms in total. The van der Waals surface area contributed by atoms with Gasteiger partial charge in [0.1, 0.15) is 11.5 Å². The van der Waals surface area contributed by atoms with Crippen molar-refractivity contribution in [2.45, 2.75) is 32.0 Å². The molecule has 0 saturated carbocycles. The molecule has 0 aliphatic carbocycles. The minimum absolute atomic E-state index is 0.0551. The van der Waals surface area contributed by atoms with Crippen LogP contribution in [0.4, 0.5) is 0 Å². The fourth-order valence-corrected chi connectivity index (χ4v) is 4.48. The van der Waals surface area contributed by atoms with E-state index in [9.17, 15) is 8.42 Å². The molecule has 0 atom stereocenters. The molecule has 0 amide bonds. The molecule has 0 fully saturated rings. The van der Waals surface area contributed by atoms with Crippen molar-refractivity contribution >= 4 is 10.1 Å². The predicted molar refractivity (Wildman–Crippen MR) is 145 cm³/mol. The summed E-state index contributed by atoms with van der Waals surface area (Å²) in [5.41, 5.74) is 4.99. The first-order valence-electron chi connectivity index (χ1n) is 12.2. The normalized spacial score (nSPS) is 11.5. The summed E-state index contributed by atoms with van der Waals surface area (Å²) in [6.45, 7) is 5.02. The third-order valence-corrected chi connectivity index (χ3v) is 7.02. The first-order valence-corrected chi connectivity index (χ1v) is 13.6. The third kappa shape index (κ3) is 6.83. The fourth-order valence-electron chi connectivity index (χ4n) is 3.90. The van der Waals surface area contributed by atoms with E-state index >= 15 is 0 Å². The molecule has 3 aromatic carbocycles. The van der Waals surface area contributed by atoms with Gasteiger partial charge in [0.25, 0.3) is 0 Å². The zero-order chi connectivity index (χ0) is 27.8. The Morgan fingerprint density at radius 3 is 2.31 bits per heavy atom. The molecule has 4 aromatic rings. The van der Waals surface area contributed by atoms with E-state index in [1.165, 1.54) is 12.1 Å². The third-order valence-electron chi connectivity index (χ3n) is 5.91. The maximum Gasteiger partial charge on any atom is 0.312 e. The van der Waals surface area contributed by atoms with Crippen molar-refractivity contribution in [2.24, 2.45) is 5.90 Å². The number of aromatic nitrogens is 2. The fraction of sp³-hybridized carbons (Fsp3) is 0.250. The van der Waals surface area contributed by atoms with Gasteiger partial charge < -0.3 is 18.9 Å². The Kier molecular flexibility index (Phi) is 9.33. The number of rotatable bonds is 13. The van der Waals surface area contributed by atoms with Gasteiger partial charge in [-0.3, -0.25) is 0 Å². The number of nitrogens with two attached hydrogens (primary N) is 1. The van der Waals surface area contributed by atoms with Crippen LogP contribution in [0.25, 0.3) is 16.9 Å². The standard InChI is InChI=1S/C28H31N3O7S/c1-4-35-19-37-28-7-5-6-27(34-3)25(28)18-36-17-22-16-26(21-10-8-20(2)9-11-21)31(30-22)23-12-14-24(15-13-23)39(32,33)38-29/h5-16H,4,17-19,29H2,1-3H3. The molecule has 11 heteroatoms. The highest BCUT2D eigenvalue weighted by atomic mass is 32.2. The van der Waals surface area contributed by atoms with Crippen molar-refractivity contribution in [3.8, 4) is 28.4 Å². The van der Waals surface area contributed by atoms with Gasteiger partial charge in [0, 0.05) is 12.2 Å². The molecule has 0 spiro atoms. The van der Waals surface area contributed by atoms with Crippen LogP contribution in [0.15, 0.2) is 77.7 Å². The van der Waals surface area contributed by atoms with E-state index < -0.39 is 10.1 Å². The molecular weight excluding hydrogens is 522 g/mol. The zero-order valence-corrected chi connectivity index (χ0v) is 22.8. The monoisotopic (exact) mass is 553 g/mol. The van der Waals surface area contributed by atoms with Crippen LogP contribution in [0.5, 0.6) is 11.5 Å². The average molecular weight is 554 g/mol. The molecule has 0 aliphatic rings. The van der Waals surface area contributed by atoms with Crippen molar-refractivity contribution in [1.82, 2.24) is 9.78 Å². The van der Waals surface area contributed by atoms with Gasteiger partial charge in [-0.25, -0.2) is 4.68 Å². The van der Waals surface area contributed by atoms with Crippen molar-refractivity contribution in [2.75, 3.05) is 20.5 Å². The van der Waals surface area contributed by atoms with Crippen LogP contribution in [0.3, 0.4) is 0 Å². The Labute approximate surface area is 227 Å². The summed E-state index contributed by atoms with van der Waals surface area (Å²) in [6, 6.07) is 21.6. The van der Waals surface area contributed by atoms with Gasteiger partial charge in [0.05, 0.1) is 47.9 Å². The van der Waals surface area contributed by atoms with E-state index in [4.69, 9.17) is 29.9 Å². The molecule has 1 heterocycles. The van der Waals surface area contributed by atoms with Crippen molar-refractivity contribution in [3.63, 3.8) is 0 Å². The predicted octanol–water partition coefficient (Wildman–Crippen LogP) is 4.52. The van der Waals surface area contributed by atoms with Crippen molar-refractivity contribution in [1.29, 1.82) is 0 Å². The minimum atomic E-state index is -4.01. The molecule has 39 heavy (non-hydrogen) atoms. The Bertz CT molecular complexity index is 1480. The van der Waals surface area contributed by atoms with Crippen molar-refractivity contribution in [3.05, 3.63) is 89.6 Å². The van der Waals surface area contributed by atoms with E-state index in [-0.39, 0.29) is 24.9 Å². The van der Waals surface area contributed by atoms with Crippen molar-refractivity contribution < 1.29 is 31.6 Å². The second-order valence-corrected chi connectivity index (χ2v) is 10.1. The molecule has 0 bridgehead atoms. The first-order chi connectivity index (χ1) is 18.9. The quantitative estimate of drug-likeness (QED) is 0.144. The summed E-state index contributed by atoms with van der Waals surface area (Å²) in [5.74, 6) is 6.17. The number of hydrogen-bond donors (Lipinski definition) is 1. The molecule has 2 N–H and O–H groups in total. The highest BCUT2D eigenvalue weighted by Crippen LogP contribution is 2.30. The Morgan fingerprint density at radius 2 is 1.64 bits per heavy atom. The van der Waals surface area contributed by atoms with Gasteiger partial charge in [-0.2, -0.15) is 23.7 Å². The number of hydrogen-bond acceptors (Lipinski definition) is 9. The lowest BCUT2D eigenvalue weighted by atomic mass is 10.1. The summed E-state index contributed by atoms with van der Waals surface area (Å²) in [5, 5.41) is 4.75. The topological polar surface area (TPSA) is 124 Å². The molecule has 0 aliphatic heterocycles. The molecule has 0 saturated heterocycles. The molecule has 4 rings (SSSR count). The first kappa shape index (κ1) is 28.3. The molecule has 0 radical (unpaired) electrons. The van der Waals surface area contributed by atoms with Crippen LogP contribution in [0, 0.1) is 6.92 Å². The second kappa shape index (κ2) is 12.9. The lowest BCUT2D eigenvalue weighted by molar-refractivity contribution is 0.0196. The van der Waals surface area contributed by atoms with Crippen LogP contribution in [-0.4, -0.2) is 38.7 Å². The van der Waals surface area contributed by atoms with Crippen LogP contribution in [0.1, 0.15) is 23.7 Å². The lowest BCUT2D eigenvalue weighted by Crippen LogP contribution is -2.11.